The van der Waals surface area contributed by atoms with Gasteiger partial charge in [-0.15, -0.1) is 0 Å². The first kappa shape index (κ1) is 16.1. The van der Waals surface area contributed by atoms with Gasteiger partial charge in [0.15, 0.2) is 5.82 Å². The normalized spacial score (nSPS) is 20.6. The van der Waals surface area contributed by atoms with Gasteiger partial charge < -0.3 is 9.80 Å². The molecule has 0 radical (unpaired) electrons. The van der Waals surface area contributed by atoms with Crippen molar-refractivity contribution in [3.8, 4) is 0 Å². The van der Waals surface area contributed by atoms with Crippen LogP contribution in [0.2, 0.25) is 0 Å². The molecule has 0 N–H and O–H groups in total. The minimum atomic E-state index is 0.000760. The van der Waals surface area contributed by atoms with E-state index in [1.54, 1.807) is 12.4 Å². The van der Waals surface area contributed by atoms with E-state index in [1.165, 1.54) is 11.3 Å². The summed E-state index contributed by atoms with van der Waals surface area (Å²) in [4.78, 5) is 25.7. The van der Waals surface area contributed by atoms with E-state index in [9.17, 15) is 4.79 Å². The highest BCUT2D eigenvalue weighted by atomic mass is 16.2. The van der Waals surface area contributed by atoms with Crippen molar-refractivity contribution in [1.29, 1.82) is 0 Å². The van der Waals surface area contributed by atoms with Crippen molar-refractivity contribution in [3.05, 3.63) is 47.9 Å². The van der Waals surface area contributed by atoms with E-state index < -0.39 is 0 Å². The van der Waals surface area contributed by atoms with Gasteiger partial charge in [-0.25, -0.2) is 9.97 Å². The van der Waals surface area contributed by atoms with Crippen molar-refractivity contribution < 1.29 is 4.79 Å². The molecule has 0 spiro atoms. The van der Waals surface area contributed by atoms with Gasteiger partial charge in [-0.3, -0.25) is 4.79 Å². The SMILES string of the molecule is CC1CCN(C(=O)c2cnc(N3c4ccccc4CC3C)cn2)CC1. The van der Waals surface area contributed by atoms with Crippen molar-refractivity contribution in [2.24, 2.45) is 5.92 Å². The van der Waals surface area contributed by atoms with Gasteiger partial charge in [0.25, 0.3) is 5.91 Å². The first-order valence-electron chi connectivity index (χ1n) is 9.12. The number of hydrogen-bond acceptors (Lipinski definition) is 4. The highest BCUT2D eigenvalue weighted by Gasteiger charge is 2.28. The Morgan fingerprint density at radius 1 is 1.08 bits per heavy atom. The predicted octanol–water partition coefficient (Wildman–Crippen LogP) is 3.43. The highest BCUT2D eigenvalue weighted by molar-refractivity contribution is 5.92. The average Bonchev–Trinajstić information content (AvgIpc) is 2.97. The molecule has 1 unspecified atom stereocenters. The summed E-state index contributed by atoms with van der Waals surface area (Å²) in [5.74, 6) is 1.51. The molecule has 1 atom stereocenters. The number of benzene rings is 1. The van der Waals surface area contributed by atoms with Crippen molar-refractivity contribution in [1.82, 2.24) is 14.9 Å². The van der Waals surface area contributed by atoms with Crippen LogP contribution in [0.3, 0.4) is 0 Å². The number of likely N-dealkylation sites (tertiary alicyclic amines) is 1. The van der Waals surface area contributed by atoms with Crippen LogP contribution in [0.25, 0.3) is 0 Å². The Balaban J connectivity index is 1.54. The second kappa shape index (κ2) is 6.47. The minimum Gasteiger partial charge on any atom is -0.337 e. The number of amides is 1. The third kappa shape index (κ3) is 2.99. The molecule has 0 saturated carbocycles. The number of carbonyl (C=O) groups excluding carboxylic acids is 1. The monoisotopic (exact) mass is 336 g/mol. The maximum absolute atomic E-state index is 12.6. The van der Waals surface area contributed by atoms with Crippen LogP contribution in [0, 0.1) is 5.92 Å². The standard InChI is InChI=1S/C20H24N4O/c1-14-7-9-23(10-8-14)20(25)17-12-22-19(13-21-17)24-15(2)11-16-5-3-4-6-18(16)24/h3-6,12-15H,7-11H2,1-2H3. The summed E-state index contributed by atoms with van der Waals surface area (Å²) in [6, 6.07) is 8.74. The maximum atomic E-state index is 12.6. The molecule has 2 aromatic rings. The Hall–Kier alpha value is -2.43. The van der Waals surface area contributed by atoms with E-state index in [0.29, 0.717) is 17.7 Å². The van der Waals surface area contributed by atoms with E-state index >= 15 is 0 Å². The number of fused-ring (bicyclic) bond motifs is 1. The molecule has 1 aromatic heterocycles. The van der Waals surface area contributed by atoms with Crippen LogP contribution in [0.1, 0.15) is 42.7 Å². The molecule has 1 aromatic carbocycles. The molecule has 4 rings (SSSR count). The summed E-state index contributed by atoms with van der Waals surface area (Å²) in [5.41, 5.74) is 2.96. The number of nitrogens with zero attached hydrogens (tertiary/aromatic N) is 4. The van der Waals surface area contributed by atoms with Crippen LogP contribution in [0.5, 0.6) is 0 Å². The third-order valence-electron chi connectivity index (χ3n) is 5.38. The molecule has 2 aliphatic heterocycles. The third-order valence-corrected chi connectivity index (χ3v) is 5.38. The Morgan fingerprint density at radius 3 is 2.56 bits per heavy atom. The van der Waals surface area contributed by atoms with E-state index in [4.69, 9.17) is 0 Å². The van der Waals surface area contributed by atoms with Gasteiger partial charge in [0, 0.05) is 24.8 Å². The average molecular weight is 336 g/mol. The van der Waals surface area contributed by atoms with Crippen LogP contribution in [0.4, 0.5) is 11.5 Å². The molecule has 25 heavy (non-hydrogen) atoms. The lowest BCUT2D eigenvalue weighted by molar-refractivity contribution is 0.0691. The number of carbonyl (C=O) groups is 1. The second-order valence-electron chi connectivity index (χ2n) is 7.29. The van der Waals surface area contributed by atoms with Crippen molar-refractivity contribution in [3.63, 3.8) is 0 Å². The van der Waals surface area contributed by atoms with Crippen LogP contribution in [0.15, 0.2) is 36.7 Å². The van der Waals surface area contributed by atoms with E-state index in [1.807, 2.05) is 11.0 Å². The molecule has 1 fully saturated rings. The van der Waals surface area contributed by atoms with Gasteiger partial charge in [-0.05, 0) is 43.7 Å². The molecule has 3 heterocycles. The molecule has 1 saturated heterocycles. The van der Waals surface area contributed by atoms with Crippen LogP contribution in [-0.2, 0) is 6.42 Å². The Labute approximate surface area is 148 Å². The quantitative estimate of drug-likeness (QED) is 0.843. The molecule has 1 amide bonds. The topological polar surface area (TPSA) is 49.3 Å². The molecule has 0 bridgehead atoms. The molecule has 2 aliphatic rings. The zero-order chi connectivity index (χ0) is 17.4. The van der Waals surface area contributed by atoms with Crippen LogP contribution >= 0.6 is 0 Å². The summed E-state index contributed by atoms with van der Waals surface area (Å²) < 4.78 is 0. The van der Waals surface area contributed by atoms with Crippen molar-refractivity contribution in [2.75, 3.05) is 18.0 Å². The number of piperidine rings is 1. The van der Waals surface area contributed by atoms with Gasteiger partial charge in [0.05, 0.1) is 12.4 Å². The number of rotatable bonds is 2. The lowest BCUT2D eigenvalue weighted by Gasteiger charge is -2.30. The number of para-hydroxylation sites is 1. The van der Waals surface area contributed by atoms with Gasteiger partial charge in [0.1, 0.15) is 5.69 Å². The molecular weight excluding hydrogens is 312 g/mol. The van der Waals surface area contributed by atoms with Gasteiger partial charge >= 0.3 is 0 Å². The lowest BCUT2D eigenvalue weighted by atomic mass is 9.99. The van der Waals surface area contributed by atoms with E-state index in [0.717, 1.165) is 38.2 Å². The fourth-order valence-corrected chi connectivity index (χ4v) is 3.84. The largest absolute Gasteiger partial charge is 0.337 e. The van der Waals surface area contributed by atoms with E-state index in [-0.39, 0.29) is 5.91 Å². The van der Waals surface area contributed by atoms with Gasteiger partial charge in [0.2, 0.25) is 0 Å². The zero-order valence-electron chi connectivity index (χ0n) is 14.9. The highest BCUT2D eigenvalue weighted by Crippen LogP contribution is 2.36. The summed E-state index contributed by atoms with van der Waals surface area (Å²) in [6.07, 6.45) is 6.50. The molecule has 5 nitrogen and oxygen atoms in total. The number of hydrogen-bond donors (Lipinski definition) is 0. The Kier molecular flexibility index (Phi) is 4.15. The molecule has 0 aliphatic carbocycles. The Bertz CT molecular complexity index is 766. The minimum absolute atomic E-state index is 0.000760. The fourth-order valence-electron chi connectivity index (χ4n) is 3.84. The second-order valence-corrected chi connectivity index (χ2v) is 7.29. The smallest absolute Gasteiger partial charge is 0.274 e. The summed E-state index contributed by atoms with van der Waals surface area (Å²) in [7, 11) is 0. The van der Waals surface area contributed by atoms with Gasteiger partial charge in [-0.2, -0.15) is 0 Å². The lowest BCUT2D eigenvalue weighted by Crippen LogP contribution is -2.38. The van der Waals surface area contributed by atoms with Crippen molar-refractivity contribution in [2.45, 2.75) is 39.2 Å². The first-order valence-corrected chi connectivity index (χ1v) is 9.12. The number of aromatic nitrogens is 2. The van der Waals surface area contributed by atoms with Gasteiger partial charge in [-0.1, -0.05) is 25.1 Å². The first-order chi connectivity index (χ1) is 12.1. The fraction of sp³-hybridized carbons (Fsp3) is 0.450. The maximum Gasteiger partial charge on any atom is 0.274 e. The summed E-state index contributed by atoms with van der Waals surface area (Å²) in [6.45, 7) is 6.07. The van der Waals surface area contributed by atoms with E-state index in [2.05, 4.69) is 46.9 Å². The molecule has 130 valence electrons. The molecule has 5 heteroatoms. The Morgan fingerprint density at radius 2 is 1.84 bits per heavy atom. The summed E-state index contributed by atoms with van der Waals surface area (Å²) in [5, 5.41) is 0. The number of anilines is 2. The zero-order valence-corrected chi connectivity index (χ0v) is 14.9. The summed E-state index contributed by atoms with van der Waals surface area (Å²) >= 11 is 0. The molecular formula is C20H24N4O. The van der Waals surface area contributed by atoms with Crippen LogP contribution < -0.4 is 4.90 Å². The van der Waals surface area contributed by atoms with Crippen molar-refractivity contribution >= 4 is 17.4 Å². The van der Waals surface area contributed by atoms with Crippen LogP contribution in [-0.4, -0.2) is 39.9 Å². The predicted molar refractivity (Wildman–Crippen MR) is 98.1 cm³/mol.